The summed E-state index contributed by atoms with van der Waals surface area (Å²) in [6, 6.07) is 3.21. The zero-order chi connectivity index (χ0) is 14.1. The van der Waals surface area contributed by atoms with E-state index in [-0.39, 0.29) is 0 Å². The topological polar surface area (TPSA) is 66.4 Å². The summed E-state index contributed by atoms with van der Waals surface area (Å²) in [5.74, 6) is -1.81. The molecule has 18 heavy (non-hydrogen) atoms. The fourth-order valence-electron chi connectivity index (χ4n) is 1.03. The number of anilines is 1. The van der Waals surface area contributed by atoms with Crippen molar-refractivity contribution in [2.24, 2.45) is 5.41 Å². The highest BCUT2D eigenvalue weighted by molar-refractivity contribution is 9.11. The maximum atomic E-state index is 11.9. The van der Waals surface area contributed by atoms with Crippen molar-refractivity contribution in [1.82, 2.24) is 0 Å². The highest BCUT2D eigenvalue weighted by atomic mass is 79.9. The van der Waals surface area contributed by atoms with Crippen LogP contribution in [0.15, 0.2) is 21.1 Å². The third-order valence-electron chi connectivity index (χ3n) is 2.35. The van der Waals surface area contributed by atoms with Crippen LogP contribution < -0.4 is 5.32 Å². The monoisotopic (exact) mass is 397 g/mol. The van der Waals surface area contributed by atoms with Crippen molar-refractivity contribution in [2.45, 2.75) is 13.8 Å². The Morgan fingerprint density at radius 2 is 1.72 bits per heavy atom. The van der Waals surface area contributed by atoms with Crippen molar-refractivity contribution in [1.29, 1.82) is 0 Å². The van der Waals surface area contributed by atoms with E-state index in [4.69, 9.17) is 16.7 Å². The van der Waals surface area contributed by atoms with E-state index in [1.807, 2.05) is 0 Å². The second kappa shape index (κ2) is 5.59. The summed E-state index contributed by atoms with van der Waals surface area (Å²) in [5, 5.41) is 12.0. The smallest absolute Gasteiger partial charge is 0.318 e. The van der Waals surface area contributed by atoms with Gasteiger partial charge in [-0.2, -0.15) is 0 Å². The molecule has 1 amide bonds. The zero-order valence-corrected chi connectivity index (χ0v) is 13.5. The number of aliphatic carboxylic acids is 1. The van der Waals surface area contributed by atoms with Crippen LogP contribution >= 0.6 is 43.5 Å². The standard InChI is InChI=1S/C11H10Br2ClNO3/c1-11(2,10(17)18)9(16)15-8-6(12)3-5(14)4-7(8)13/h3-4H,1-2H3,(H,15,16)(H,17,18). The Morgan fingerprint density at radius 3 is 2.11 bits per heavy atom. The lowest BCUT2D eigenvalue weighted by Gasteiger charge is -2.19. The predicted molar refractivity (Wildman–Crippen MR) is 76.9 cm³/mol. The van der Waals surface area contributed by atoms with Gasteiger partial charge in [-0.1, -0.05) is 11.6 Å². The minimum atomic E-state index is -1.52. The fraction of sp³-hybridized carbons (Fsp3) is 0.273. The Bertz CT molecular complexity index is 494. The van der Waals surface area contributed by atoms with Crippen molar-refractivity contribution in [3.8, 4) is 0 Å². The van der Waals surface area contributed by atoms with E-state index in [0.29, 0.717) is 19.7 Å². The first-order valence-corrected chi connectivity index (χ1v) is 6.82. The van der Waals surface area contributed by atoms with Gasteiger partial charge in [-0.05, 0) is 57.8 Å². The van der Waals surface area contributed by atoms with E-state index >= 15 is 0 Å². The molecule has 0 atom stereocenters. The normalized spacial score (nSPS) is 11.2. The molecule has 0 saturated carbocycles. The van der Waals surface area contributed by atoms with Crippen LogP contribution in [-0.4, -0.2) is 17.0 Å². The number of carbonyl (C=O) groups excluding carboxylic acids is 1. The molecule has 0 aliphatic carbocycles. The molecule has 0 spiro atoms. The lowest BCUT2D eigenvalue weighted by atomic mass is 9.92. The number of benzene rings is 1. The molecule has 98 valence electrons. The molecule has 1 aromatic carbocycles. The third kappa shape index (κ3) is 3.24. The Hall–Kier alpha value is -0.590. The van der Waals surface area contributed by atoms with Gasteiger partial charge in [0.15, 0.2) is 0 Å². The van der Waals surface area contributed by atoms with Gasteiger partial charge in [-0.3, -0.25) is 9.59 Å². The molecule has 7 heteroatoms. The van der Waals surface area contributed by atoms with Gasteiger partial charge in [0.1, 0.15) is 5.41 Å². The average molecular weight is 399 g/mol. The van der Waals surface area contributed by atoms with E-state index in [2.05, 4.69) is 37.2 Å². The lowest BCUT2D eigenvalue weighted by molar-refractivity contribution is -0.151. The molecule has 0 bridgehead atoms. The van der Waals surface area contributed by atoms with Crippen molar-refractivity contribution < 1.29 is 14.7 Å². The minimum absolute atomic E-state index is 0.443. The molecule has 0 heterocycles. The number of carboxylic acid groups (broad SMARTS) is 1. The summed E-state index contributed by atoms with van der Waals surface area (Å²) in [4.78, 5) is 22.9. The first-order chi connectivity index (χ1) is 8.16. The van der Waals surface area contributed by atoms with Gasteiger partial charge in [-0.25, -0.2) is 0 Å². The van der Waals surface area contributed by atoms with E-state index in [9.17, 15) is 9.59 Å². The van der Waals surface area contributed by atoms with Crippen LogP contribution in [0.3, 0.4) is 0 Å². The van der Waals surface area contributed by atoms with Crippen molar-refractivity contribution in [2.75, 3.05) is 5.32 Å². The van der Waals surface area contributed by atoms with Crippen LogP contribution in [0.4, 0.5) is 5.69 Å². The van der Waals surface area contributed by atoms with Crippen LogP contribution in [0.1, 0.15) is 13.8 Å². The van der Waals surface area contributed by atoms with Gasteiger partial charge >= 0.3 is 5.97 Å². The number of hydrogen-bond acceptors (Lipinski definition) is 2. The molecule has 0 aromatic heterocycles. The summed E-state index contributed by atoms with van der Waals surface area (Å²) in [7, 11) is 0. The quantitative estimate of drug-likeness (QED) is 0.758. The largest absolute Gasteiger partial charge is 0.480 e. The van der Waals surface area contributed by atoms with Crippen LogP contribution in [0.5, 0.6) is 0 Å². The maximum Gasteiger partial charge on any atom is 0.318 e. The molecule has 2 N–H and O–H groups in total. The molecular weight excluding hydrogens is 389 g/mol. The fourth-order valence-corrected chi connectivity index (χ4v) is 2.90. The van der Waals surface area contributed by atoms with E-state index < -0.39 is 17.3 Å². The number of halogens is 3. The molecule has 1 rings (SSSR count). The third-order valence-corrected chi connectivity index (χ3v) is 3.82. The molecule has 0 unspecified atom stereocenters. The highest BCUT2D eigenvalue weighted by Gasteiger charge is 2.36. The number of nitrogens with one attached hydrogen (secondary N) is 1. The Kier molecular flexibility index (Phi) is 4.80. The summed E-state index contributed by atoms with van der Waals surface area (Å²) < 4.78 is 1.13. The summed E-state index contributed by atoms with van der Waals surface area (Å²) in [6.45, 7) is 2.67. The van der Waals surface area contributed by atoms with Crippen molar-refractivity contribution in [3.05, 3.63) is 26.1 Å². The molecular formula is C11H10Br2ClNO3. The maximum absolute atomic E-state index is 11.9. The first kappa shape index (κ1) is 15.5. The van der Waals surface area contributed by atoms with Gasteiger partial charge in [0.05, 0.1) is 5.69 Å². The minimum Gasteiger partial charge on any atom is -0.480 e. The van der Waals surface area contributed by atoms with Gasteiger partial charge in [-0.15, -0.1) is 0 Å². The highest BCUT2D eigenvalue weighted by Crippen LogP contribution is 2.35. The Balaban J connectivity index is 3.07. The molecule has 1 aromatic rings. The number of carbonyl (C=O) groups is 2. The molecule has 0 aliphatic rings. The molecule has 0 fully saturated rings. The summed E-state index contributed by atoms with van der Waals surface area (Å²) in [6.07, 6.45) is 0. The number of carboxylic acids is 1. The average Bonchev–Trinajstić information content (AvgIpc) is 2.22. The van der Waals surface area contributed by atoms with Gasteiger partial charge in [0.2, 0.25) is 5.91 Å². The number of rotatable bonds is 3. The van der Waals surface area contributed by atoms with E-state index in [0.717, 1.165) is 0 Å². The lowest BCUT2D eigenvalue weighted by Crippen LogP contribution is -2.38. The molecule has 0 radical (unpaired) electrons. The first-order valence-electron chi connectivity index (χ1n) is 4.85. The molecule has 0 aliphatic heterocycles. The van der Waals surface area contributed by atoms with Gasteiger partial charge < -0.3 is 10.4 Å². The zero-order valence-electron chi connectivity index (χ0n) is 9.55. The number of amides is 1. The number of hydrogen-bond donors (Lipinski definition) is 2. The summed E-state index contributed by atoms with van der Waals surface area (Å²) in [5.41, 5.74) is -1.07. The molecule has 4 nitrogen and oxygen atoms in total. The van der Waals surface area contributed by atoms with E-state index in [1.165, 1.54) is 13.8 Å². The van der Waals surface area contributed by atoms with Crippen LogP contribution in [-0.2, 0) is 9.59 Å². The Labute approximate surface area is 126 Å². The molecule has 0 saturated heterocycles. The second-order valence-corrected chi connectivity index (χ2v) is 6.27. The Morgan fingerprint density at radius 1 is 1.28 bits per heavy atom. The van der Waals surface area contributed by atoms with Gasteiger partial charge in [0, 0.05) is 14.0 Å². The van der Waals surface area contributed by atoms with Crippen molar-refractivity contribution in [3.63, 3.8) is 0 Å². The SMILES string of the molecule is CC(C)(C(=O)O)C(=O)Nc1c(Br)cc(Cl)cc1Br. The van der Waals surface area contributed by atoms with Crippen LogP contribution in [0, 0.1) is 5.41 Å². The van der Waals surface area contributed by atoms with E-state index in [1.54, 1.807) is 12.1 Å². The van der Waals surface area contributed by atoms with Crippen LogP contribution in [0.25, 0.3) is 0 Å². The summed E-state index contributed by atoms with van der Waals surface area (Å²) >= 11 is 12.3. The van der Waals surface area contributed by atoms with Gasteiger partial charge in [0.25, 0.3) is 0 Å². The van der Waals surface area contributed by atoms with Crippen LogP contribution in [0.2, 0.25) is 5.02 Å². The second-order valence-electron chi connectivity index (χ2n) is 4.13. The predicted octanol–water partition coefficient (Wildman–Crippen LogP) is 3.91. The van der Waals surface area contributed by atoms with Crippen molar-refractivity contribution >= 4 is 61.0 Å².